The largest absolute Gasteiger partial charge is 0.427 e. The Kier molecular flexibility index (Phi) is 6.81. The van der Waals surface area contributed by atoms with Gasteiger partial charge in [-0.3, -0.25) is 0 Å². The number of rotatable bonds is 5. The van der Waals surface area contributed by atoms with Gasteiger partial charge in [0.15, 0.2) is 0 Å². The van der Waals surface area contributed by atoms with Crippen LogP contribution in [0.5, 0.6) is 0 Å². The first kappa shape index (κ1) is 26.0. The van der Waals surface area contributed by atoms with Crippen LogP contribution in [0, 0.1) is 0 Å². The summed E-state index contributed by atoms with van der Waals surface area (Å²) in [6.07, 6.45) is 0. The van der Waals surface area contributed by atoms with Crippen molar-refractivity contribution in [1.82, 2.24) is 4.57 Å². The number of nitrogens with zero attached hydrogens (tertiary/aromatic N) is 1. The molecule has 1 N–H and O–H groups in total. The molecule has 6 aromatic rings. The van der Waals surface area contributed by atoms with Crippen molar-refractivity contribution in [2.24, 2.45) is 0 Å². The summed E-state index contributed by atoms with van der Waals surface area (Å²) < 4.78 is 8.48. The molecule has 0 aliphatic heterocycles. The zero-order chi connectivity index (χ0) is 27.1. The van der Waals surface area contributed by atoms with Gasteiger partial charge < -0.3 is 14.3 Å². The van der Waals surface area contributed by atoms with E-state index in [-0.39, 0.29) is 0 Å². The second-order valence-corrected chi connectivity index (χ2v) is 10.6. The molecule has 0 unspecified atom stereocenters. The molecule has 0 aliphatic carbocycles. The standard InChI is InChI=1S/C32H29BNO2.C2H6/c1-31(2,35)32(3,4)36-33-23-17-19-29-27(20-23)26-18-16-22-11-6-8-14-25(22)30(26)34(29)28-15-9-12-21-10-5-7-13-24(21)28;1-2/h5-20,35H,1-4H3;1-2H3. The smallest absolute Gasteiger partial charge is 0.330 e. The van der Waals surface area contributed by atoms with Crippen LogP contribution in [0.4, 0.5) is 0 Å². The third kappa shape index (κ3) is 4.38. The lowest BCUT2D eigenvalue weighted by Gasteiger charge is -2.37. The Morgan fingerprint density at radius 1 is 0.658 bits per heavy atom. The van der Waals surface area contributed by atoms with Crippen molar-refractivity contribution in [2.45, 2.75) is 52.7 Å². The lowest BCUT2D eigenvalue weighted by molar-refractivity contribution is -0.0893. The summed E-state index contributed by atoms with van der Waals surface area (Å²) in [4.78, 5) is 0. The van der Waals surface area contributed by atoms with Gasteiger partial charge in [0.1, 0.15) is 0 Å². The van der Waals surface area contributed by atoms with E-state index in [1.807, 2.05) is 27.7 Å². The fourth-order valence-corrected chi connectivity index (χ4v) is 4.88. The predicted octanol–water partition coefficient (Wildman–Crippen LogP) is 7.93. The van der Waals surface area contributed by atoms with Crippen LogP contribution in [0.3, 0.4) is 0 Å². The number of aromatic nitrogens is 1. The second-order valence-electron chi connectivity index (χ2n) is 10.6. The van der Waals surface area contributed by atoms with Crippen LogP contribution < -0.4 is 5.46 Å². The van der Waals surface area contributed by atoms with Gasteiger partial charge in [0, 0.05) is 21.5 Å². The quantitative estimate of drug-likeness (QED) is 0.244. The van der Waals surface area contributed by atoms with E-state index < -0.39 is 11.2 Å². The third-order valence-electron chi connectivity index (χ3n) is 7.65. The highest BCUT2D eigenvalue weighted by atomic mass is 16.5. The van der Waals surface area contributed by atoms with Crippen LogP contribution in [-0.4, -0.2) is 28.4 Å². The van der Waals surface area contributed by atoms with Crippen molar-refractivity contribution in [3.63, 3.8) is 0 Å². The highest BCUT2D eigenvalue weighted by molar-refractivity contribution is 6.47. The Bertz CT molecular complexity index is 1750. The fourth-order valence-electron chi connectivity index (χ4n) is 4.88. The molecule has 5 aromatic carbocycles. The summed E-state index contributed by atoms with van der Waals surface area (Å²) in [6, 6.07) is 34.5. The molecule has 191 valence electrons. The Balaban J connectivity index is 0.00000144. The zero-order valence-corrected chi connectivity index (χ0v) is 23.1. The van der Waals surface area contributed by atoms with Gasteiger partial charge in [-0.05, 0) is 50.6 Å². The maximum Gasteiger partial charge on any atom is 0.330 e. The molecule has 0 aliphatic rings. The minimum absolute atomic E-state index is 0.727. The summed E-state index contributed by atoms with van der Waals surface area (Å²) in [7, 11) is 1.76. The van der Waals surface area contributed by atoms with Crippen LogP contribution in [0.25, 0.3) is 49.0 Å². The van der Waals surface area contributed by atoms with E-state index in [0.717, 1.165) is 11.0 Å². The summed E-state index contributed by atoms with van der Waals surface area (Å²) in [5, 5.41) is 17.8. The highest BCUT2D eigenvalue weighted by Gasteiger charge is 2.35. The summed E-state index contributed by atoms with van der Waals surface area (Å²) in [6.45, 7) is 11.3. The molecule has 0 amide bonds. The number of aliphatic hydroxyl groups is 1. The molecule has 0 saturated heterocycles. The third-order valence-corrected chi connectivity index (χ3v) is 7.65. The van der Waals surface area contributed by atoms with E-state index in [1.165, 1.54) is 43.5 Å². The van der Waals surface area contributed by atoms with E-state index in [9.17, 15) is 5.11 Å². The van der Waals surface area contributed by atoms with Gasteiger partial charge in [0.2, 0.25) is 0 Å². The van der Waals surface area contributed by atoms with Crippen molar-refractivity contribution < 1.29 is 9.76 Å². The zero-order valence-electron chi connectivity index (χ0n) is 23.1. The summed E-state index contributed by atoms with van der Waals surface area (Å²) in [5.74, 6) is 0. The maximum atomic E-state index is 10.5. The average Bonchev–Trinajstić information content (AvgIpc) is 3.26. The molecule has 0 atom stereocenters. The van der Waals surface area contributed by atoms with Gasteiger partial charge in [0.05, 0.1) is 27.9 Å². The normalized spacial score (nSPS) is 12.2. The van der Waals surface area contributed by atoms with Gasteiger partial charge in [-0.1, -0.05) is 104 Å². The van der Waals surface area contributed by atoms with E-state index in [0.29, 0.717) is 0 Å². The molecule has 1 radical (unpaired) electrons. The molecule has 38 heavy (non-hydrogen) atoms. The minimum atomic E-state index is -0.975. The highest BCUT2D eigenvalue weighted by Crippen LogP contribution is 2.38. The fraction of sp³-hybridized carbons (Fsp3) is 0.235. The van der Waals surface area contributed by atoms with Gasteiger partial charge in [-0.2, -0.15) is 0 Å². The van der Waals surface area contributed by atoms with Crippen LogP contribution in [0.15, 0.2) is 97.1 Å². The number of fused-ring (bicyclic) bond motifs is 6. The molecule has 3 nitrogen and oxygen atoms in total. The van der Waals surface area contributed by atoms with Crippen molar-refractivity contribution in [2.75, 3.05) is 0 Å². The molecule has 6 rings (SSSR count). The van der Waals surface area contributed by atoms with E-state index in [1.54, 1.807) is 21.3 Å². The lowest BCUT2D eigenvalue weighted by Crippen LogP contribution is -2.49. The van der Waals surface area contributed by atoms with E-state index in [4.69, 9.17) is 4.65 Å². The second kappa shape index (κ2) is 9.94. The van der Waals surface area contributed by atoms with Crippen LogP contribution in [0.2, 0.25) is 0 Å². The van der Waals surface area contributed by atoms with Gasteiger partial charge in [-0.25, -0.2) is 0 Å². The Hall–Kier alpha value is -3.60. The molecule has 1 heterocycles. The van der Waals surface area contributed by atoms with Gasteiger partial charge >= 0.3 is 7.48 Å². The first-order valence-corrected chi connectivity index (χ1v) is 13.4. The molecule has 0 spiro atoms. The van der Waals surface area contributed by atoms with Crippen LogP contribution in [-0.2, 0) is 4.65 Å². The molecule has 1 aromatic heterocycles. The number of hydrogen-bond donors (Lipinski definition) is 1. The van der Waals surface area contributed by atoms with Crippen molar-refractivity contribution >= 4 is 56.3 Å². The Morgan fingerprint density at radius 2 is 1.29 bits per heavy atom. The molecule has 4 heteroatoms. The monoisotopic (exact) mass is 500 g/mol. The Labute approximate surface area is 225 Å². The molecular formula is C34H35BNO2. The van der Waals surface area contributed by atoms with Crippen molar-refractivity contribution in [3.05, 3.63) is 97.1 Å². The molecule has 0 bridgehead atoms. The van der Waals surface area contributed by atoms with Gasteiger partial charge in [0.25, 0.3) is 0 Å². The van der Waals surface area contributed by atoms with E-state index in [2.05, 4.69) is 102 Å². The van der Waals surface area contributed by atoms with Crippen LogP contribution in [0.1, 0.15) is 41.5 Å². The number of benzene rings is 5. The average molecular weight is 500 g/mol. The first-order valence-electron chi connectivity index (χ1n) is 13.4. The maximum absolute atomic E-state index is 10.5. The first-order chi connectivity index (χ1) is 18.2. The van der Waals surface area contributed by atoms with Crippen LogP contribution >= 0.6 is 0 Å². The molecule has 0 fully saturated rings. The van der Waals surface area contributed by atoms with Gasteiger partial charge in [-0.15, -0.1) is 0 Å². The van der Waals surface area contributed by atoms with E-state index >= 15 is 0 Å². The molecular weight excluding hydrogens is 465 g/mol. The van der Waals surface area contributed by atoms with Crippen molar-refractivity contribution in [1.29, 1.82) is 0 Å². The SMILES string of the molecule is CC.CC(C)(O)C(C)(C)O[B]c1ccc2c(c1)c1ccc3ccccc3c1n2-c1cccc2ccccc12. The topological polar surface area (TPSA) is 34.4 Å². The summed E-state index contributed by atoms with van der Waals surface area (Å²) in [5.41, 5.74) is 2.78. The number of hydrogen-bond acceptors (Lipinski definition) is 2. The lowest BCUT2D eigenvalue weighted by atomic mass is 9.82. The molecule has 0 saturated carbocycles. The predicted molar refractivity (Wildman–Crippen MR) is 164 cm³/mol. The minimum Gasteiger partial charge on any atom is -0.427 e. The Morgan fingerprint density at radius 3 is 2.00 bits per heavy atom. The summed E-state index contributed by atoms with van der Waals surface area (Å²) >= 11 is 0. The van der Waals surface area contributed by atoms with Crippen molar-refractivity contribution in [3.8, 4) is 5.69 Å².